The van der Waals surface area contributed by atoms with Gasteiger partial charge in [0, 0.05) is 12.1 Å². The lowest BCUT2D eigenvalue weighted by atomic mass is 10.1. The molecular weight excluding hydrogens is 304 g/mol. The first kappa shape index (κ1) is 17.8. The van der Waals surface area contributed by atoms with Crippen molar-refractivity contribution in [3.63, 3.8) is 0 Å². The van der Waals surface area contributed by atoms with Crippen molar-refractivity contribution in [2.45, 2.75) is 19.5 Å². The smallest absolute Gasteiger partial charge is 0.241 e. The van der Waals surface area contributed by atoms with Gasteiger partial charge in [0.25, 0.3) is 0 Å². The van der Waals surface area contributed by atoms with Gasteiger partial charge in [0.15, 0.2) is 0 Å². The van der Waals surface area contributed by atoms with Gasteiger partial charge in [0.05, 0.1) is 25.9 Å². The first-order valence-corrected chi connectivity index (χ1v) is 7.82. The van der Waals surface area contributed by atoms with Crippen LogP contribution in [-0.2, 0) is 11.3 Å². The molecular formula is C19H24N2O3. The highest BCUT2D eigenvalue weighted by atomic mass is 16.5. The van der Waals surface area contributed by atoms with E-state index in [2.05, 4.69) is 5.32 Å². The first-order chi connectivity index (χ1) is 11.6. The van der Waals surface area contributed by atoms with E-state index in [4.69, 9.17) is 9.47 Å². The molecule has 0 aromatic heterocycles. The number of nitrogens with zero attached hydrogens (tertiary/aromatic N) is 1. The van der Waals surface area contributed by atoms with Gasteiger partial charge in [-0.05, 0) is 32.2 Å². The molecule has 1 unspecified atom stereocenters. The maximum atomic E-state index is 12.5. The SMILES string of the molecule is COc1ccccc1CN(C)C(C)C(=O)Nc1ccccc1OC. The molecule has 1 atom stereocenters. The number of anilines is 1. The average molecular weight is 328 g/mol. The maximum absolute atomic E-state index is 12.5. The van der Waals surface area contributed by atoms with Gasteiger partial charge >= 0.3 is 0 Å². The highest BCUT2D eigenvalue weighted by molar-refractivity contribution is 5.95. The molecule has 5 heteroatoms. The molecule has 0 heterocycles. The number of amides is 1. The Morgan fingerprint density at radius 1 is 1.04 bits per heavy atom. The van der Waals surface area contributed by atoms with E-state index in [9.17, 15) is 4.79 Å². The molecule has 2 aromatic rings. The van der Waals surface area contributed by atoms with Crippen molar-refractivity contribution in [2.24, 2.45) is 0 Å². The van der Waals surface area contributed by atoms with Crippen LogP contribution < -0.4 is 14.8 Å². The number of carbonyl (C=O) groups is 1. The van der Waals surface area contributed by atoms with E-state index >= 15 is 0 Å². The normalized spacial score (nSPS) is 11.9. The minimum Gasteiger partial charge on any atom is -0.496 e. The van der Waals surface area contributed by atoms with Crippen LogP contribution in [0.5, 0.6) is 11.5 Å². The molecule has 0 spiro atoms. The molecule has 0 radical (unpaired) electrons. The van der Waals surface area contributed by atoms with Crippen molar-refractivity contribution in [1.82, 2.24) is 4.90 Å². The standard InChI is InChI=1S/C19H24N2O3/c1-14(19(22)20-16-10-6-8-12-18(16)24-4)21(2)13-15-9-5-7-11-17(15)23-3/h5-12,14H,13H2,1-4H3,(H,20,22). The molecule has 128 valence electrons. The molecule has 0 aliphatic carbocycles. The Hall–Kier alpha value is -2.53. The van der Waals surface area contributed by atoms with E-state index < -0.39 is 0 Å². The third kappa shape index (κ3) is 4.26. The summed E-state index contributed by atoms with van der Waals surface area (Å²) in [4.78, 5) is 14.5. The van der Waals surface area contributed by atoms with Crippen molar-refractivity contribution in [2.75, 3.05) is 26.6 Å². The van der Waals surface area contributed by atoms with Gasteiger partial charge < -0.3 is 14.8 Å². The van der Waals surface area contributed by atoms with Crippen LogP contribution >= 0.6 is 0 Å². The van der Waals surface area contributed by atoms with Crippen molar-refractivity contribution >= 4 is 11.6 Å². The van der Waals surface area contributed by atoms with E-state index in [-0.39, 0.29) is 11.9 Å². The van der Waals surface area contributed by atoms with Gasteiger partial charge in [-0.15, -0.1) is 0 Å². The Morgan fingerprint density at radius 3 is 2.29 bits per heavy atom. The lowest BCUT2D eigenvalue weighted by Gasteiger charge is -2.25. The quantitative estimate of drug-likeness (QED) is 0.848. The van der Waals surface area contributed by atoms with Gasteiger partial charge in [-0.2, -0.15) is 0 Å². The predicted molar refractivity (Wildman–Crippen MR) is 95.5 cm³/mol. The van der Waals surface area contributed by atoms with Crippen LogP contribution in [0.25, 0.3) is 0 Å². The van der Waals surface area contributed by atoms with Crippen LogP contribution in [0.3, 0.4) is 0 Å². The molecule has 2 rings (SSSR count). The van der Waals surface area contributed by atoms with Gasteiger partial charge in [-0.3, -0.25) is 9.69 Å². The van der Waals surface area contributed by atoms with E-state index in [1.165, 1.54) is 0 Å². The molecule has 2 aromatic carbocycles. The van der Waals surface area contributed by atoms with Crippen LogP contribution in [-0.4, -0.2) is 38.1 Å². The molecule has 0 aliphatic heterocycles. The second-order valence-electron chi connectivity index (χ2n) is 5.59. The van der Waals surface area contributed by atoms with Crippen LogP contribution in [0.2, 0.25) is 0 Å². The third-order valence-corrected chi connectivity index (χ3v) is 4.02. The Kier molecular flexibility index (Phi) is 6.21. The molecule has 1 amide bonds. The lowest BCUT2D eigenvalue weighted by molar-refractivity contribution is -0.120. The number of methoxy groups -OCH3 is 2. The van der Waals surface area contributed by atoms with Crippen molar-refractivity contribution < 1.29 is 14.3 Å². The Morgan fingerprint density at radius 2 is 1.62 bits per heavy atom. The molecule has 0 saturated heterocycles. The molecule has 1 N–H and O–H groups in total. The highest BCUT2D eigenvalue weighted by Crippen LogP contribution is 2.24. The summed E-state index contributed by atoms with van der Waals surface area (Å²) >= 11 is 0. The van der Waals surface area contributed by atoms with Gasteiger partial charge in [0.1, 0.15) is 11.5 Å². The number of likely N-dealkylation sites (N-methyl/N-ethyl adjacent to an activating group) is 1. The third-order valence-electron chi connectivity index (χ3n) is 4.02. The van der Waals surface area contributed by atoms with Crippen LogP contribution in [0.1, 0.15) is 12.5 Å². The largest absolute Gasteiger partial charge is 0.496 e. The fraction of sp³-hybridized carbons (Fsp3) is 0.316. The van der Waals surface area contributed by atoms with E-state index in [1.807, 2.05) is 67.4 Å². The number of rotatable bonds is 7. The fourth-order valence-corrected chi connectivity index (χ4v) is 2.42. The van der Waals surface area contributed by atoms with Gasteiger partial charge in [-0.1, -0.05) is 30.3 Å². The van der Waals surface area contributed by atoms with Gasteiger partial charge in [0.2, 0.25) is 5.91 Å². The van der Waals surface area contributed by atoms with Crippen LogP contribution in [0.15, 0.2) is 48.5 Å². The molecule has 0 fully saturated rings. The molecule has 24 heavy (non-hydrogen) atoms. The summed E-state index contributed by atoms with van der Waals surface area (Å²) in [6, 6.07) is 14.9. The summed E-state index contributed by atoms with van der Waals surface area (Å²) in [5.74, 6) is 1.38. The number of para-hydroxylation sites is 3. The van der Waals surface area contributed by atoms with Crippen molar-refractivity contribution in [1.29, 1.82) is 0 Å². The molecule has 0 saturated carbocycles. The summed E-state index contributed by atoms with van der Waals surface area (Å²) in [6.07, 6.45) is 0. The van der Waals surface area contributed by atoms with Crippen molar-refractivity contribution in [3.8, 4) is 11.5 Å². The predicted octanol–water partition coefficient (Wildman–Crippen LogP) is 3.16. The summed E-state index contributed by atoms with van der Waals surface area (Å²) in [7, 11) is 5.15. The Balaban J connectivity index is 2.04. The summed E-state index contributed by atoms with van der Waals surface area (Å²) in [5.41, 5.74) is 1.71. The number of ether oxygens (including phenoxy) is 2. The monoisotopic (exact) mass is 328 g/mol. The molecule has 5 nitrogen and oxygen atoms in total. The van der Waals surface area contributed by atoms with Crippen LogP contribution in [0.4, 0.5) is 5.69 Å². The lowest BCUT2D eigenvalue weighted by Crippen LogP contribution is -2.39. The number of carbonyl (C=O) groups excluding carboxylic acids is 1. The van der Waals surface area contributed by atoms with Crippen LogP contribution in [0, 0.1) is 0 Å². The van der Waals surface area contributed by atoms with E-state index in [0.29, 0.717) is 18.0 Å². The zero-order chi connectivity index (χ0) is 17.5. The highest BCUT2D eigenvalue weighted by Gasteiger charge is 2.20. The Bertz CT molecular complexity index is 688. The summed E-state index contributed by atoms with van der Waals surface area (Å²) in [5, 5.41) is 2.92. The van der Waals surface area contributed by atoms with Crippen molar-refractivity contribution in [3.05, 3.63) is 54.1 Å². The second kappa shape index (κ2) is 8.36. The minimum absolute atomic E-state index is 0.0862. The maximum Gasteiger partial charge on any atom is 0.241 e. The van der Waals surface area contributed by atoms with E-state index in [1.54, 1.807) is 14.2 Å². The minimum atomic E-state index is -0.306. The average Bonchev–Trinajstić information content (AvgIpc) is 2.61. The number of hydrogen-bond acceptors (Lipinski definition) is 4. The Labute approximate surface area is 143 Å². The zero-order valence-electron chi connectivity index (χ0n) is 14.6. The number of benzene rings is 2. The molecule has 0 aliphatic rings. The number of nitrogens with one attached hydrogen (secondary N) is 1. The molecule has 0 bridgehead atoms. The van der Waals surface area contributed by atoms with E-state index in [0.717, 1.165) is 11.3 Å². The summed E-state index contributed by atoms with van der Waals surface area (Å²) < 4.78 is 10.6. The topological polar surface area (TPSA) is 50.8 Å². The van der Waals surface area contributed by atoms with Gasteiger partial charge in [-0.25, -0.2) is 0 Å². The first-order valence-electron chi connectivity index (χ1n) is 7.82. The second-order valence-corrected chi connectivity index (χ2v) is 5.59. The fourth-order valence-electron chi connectivity index (χ4n) is 2.42. The number of hydrogen-bond donors (Lipinski definition) is 1. The summed E-state index contributed by atoms with van der Waals surface area (Å²) in [6.45, 7) is 2.49. The zero-order valence-corrected chi connectivity index (χ0v) is 14.6.